The van der Waals surface area contributed by atoms with Crippen molar-refractivity contribution in [2.45, 2.75) is 12.8 Å². The van der Waals surface area contributed by atoms with Crippen LogP contribution in [0, 0.1) is 0 Å². The number of hydrogen-bond acceptors (Lipinski definition) is 4. The molecule has 1 unspecified atom stereocenters. The molecule has 9 heteroatoms. The van der Waals surface area contributed by atoms with E-state index in [0.717, 1.165) is 4.40 Å². The van der Waals surface area contributed by atoms with Gasteiger partial charge in [-0.3, -0.25) is 13.8 Å². The Morgan fingerprint density at radius 1 is 1.42 bits per heavy atom. The number of aromatic nitrogens is 2. The molecule has 0 spiro atoms. The summed E-state index contributed by atoms with van der Waals surface area (Å²) in [5.41, 5.74) is -0.227. The van der Waals surface area contributed by atoms with E-state index in [4.69, 9.17) is 14.9 Å². The zero-order chi connectivity index (χ0) is 14.4. The van der Waals surface area contributed by atoms with E-state index in [1.165, 1.54) is 25.3 Å². The van der Waals surface area contributed by atoms with E-state index >= 15 is 0 Å². The molecule has 2 aromatic heterocycles. The van der Waals surface area contributed by atoms with Gasteiger partial charge in [0.25, 0.3) is 0 Å². The molecule has 0 aliphatic carbocycles. The summed E-state index contributed by atoms with van der Waals surface area (Å²) in [4.78, 5) is 32.5. The summed E-state index contributed by atoms with van der Waals surface area (Å²) in [5, 5.41) is 18.6. The first kappa shape index (κ1) is 13.5. The van der Waals surface area contributed by atoms with E-state index in [2.05, 4.69) is 4.98 Å². The molecule has 2 aromatic rings. The molecule has 1 atom stereocenters. The SMILES string of the molecule is CC(C(=O)O)c1ccc2nc(P(=O)(O)O)c(O)n2c1. The summed E-state index contributed by atoms with van der Waals surface area (Å²) in [6.07, 6.45) is 1.29. The number of carboxylic acids is 1. The summed E-state index contributed by atoms with van der Waals surface area (Å²) in [6, 6.07) is 2.86. The second-order valence-electron chi connectivity index (χ2n) is 4.05. The predicted molar refractivity (Wildman–Crippen MR) is 64.6 cm³/mol. The molecule has 8 nitrogen and oxygen atoms in total. The number of aromatic hydroxyl groups is 1. The lowest BCUT2D eigenvalue weighted by Gasteiger charge is -2.07. The van der Waals surface area contributed by atoms with E-state index in [-0.39, 0.29) is 5.65 Å². The van der Waals surface area contributed by atoms with Gasteiger partial charge in [0.1, 0.15) is 5.65 Å². The van der Waals surface area contributed by atoms with Crippen LogP contribution >= 0.6 is 7.60 Å². The van der Waals surface area contributed by atoms with Crippen molar-refractivity contribution in [2.75, 3.05) is 0 Å². The summed E-state index contributed by atoms with van der Waals surface area (Å²) in [6.45, 7) is 1.46. The normalized spacial score (nSPS) is 13.6. The average Bonchev–Trinajstić information content (AvgIpc) is 2.65. The van der Waals surface area contributed by atoms with Crippen molar-refractivity contribution in [3.05, 3.63) is 23.9 Å². The zero-order valence-corrected chi connectivity index (χ0v) is 10.7. The average molecular weight is 286 g/mol. The van der Waals surface area contributed by atoms with Gasteiger partial charge in [-0.2, -0.15) is 0 Å². The maximum atomic E-state index is 11.1. The van der Waals surface area contributed by atoms with Crippen molar-refractivity contribution in [3.8, 4) is 5.88 Å². The van der Waals surface area contributed by atoms with Gasteiger partial charge in [-0.05, 0) is 18.6 Å². The van der Waals surface area contributed by atoms with Crippen molar-refractivity contribution in [1.82, 2.24) is 9.38 Å². The van der Waals surface area contributed by atoms with Crippen LogP contribution in [0.15, 0.2) is 18.3 Å². The molecule has 0 aromatic carbocycles. The third-order valence-electron chi connectivity index (χ3n) is 2.74. The number of carboxylic acid groups (broad SMARTS) is 1. The standard InChI is InChI=1S/C10H11N2O6P/c1-5(10(14)15)6-2-3-7-11-8(19(16,17)18)9(13)12(7)4-6/h2-5,13H,1H3,(H,14,15)(H2,16,17,18). The van der Waals surface area contributed by atoms with Gasteiger partial charge in [-0.15, -0.1) is 0 Å². The summed E-state index contributed by atoms with van der Waals surface area (Å²) >= 11 is 0. The zero-order valence-electron chi connectivity index (χ0n) is 9.76. The number of imidazole rings is 1. The van der Waals surface area contributed by atoms with Crippen LogP contribution in [0.2, 0.25) is 0 Å². The van der Waals surface area contributed by atoms with Crippen LogP contribution in [-0.4, -0.2) is 35.4 Å². The maximum Gasteiger partial charge on any atom is 0.380 e. The van der Waals surface area contributed by atoms with Gasteiger partial charge in [-0.1, -0.05) is 6.07 Å². The van der Waals surface area contributed by atoms with E-state index in [0.29, 0.717) is 5.56 Å². The first-order chi connectivity index (χ1) is 8.71. The third-order valence-corrected chi connectivity index (χ3v) is 3.60. The summed E-state index contributed by atoms with van der Waals surface area (Å²) in [5.74, 6) is -2.55. The molecule has 0 bridgehead atoms. The monoisotopic (exact) mass is 286 g/mol. The molecule has 0 fully saturated rings. The first-order valence-corrected chi connectivity index (χ1v) is 6.83. The number of carbonyl (C=O) groups is 1. The van der Waals surface area contributed by atoms with E-state index < -0.39 is 30.8 Å². The molecule has 0 amide bonds. The lowest BCUT2D eigenvalue weighted by molar-refractivity contribution is -0.138. The van der Waals surface area contributed by atoms with Gasteiger partial charge in [-0.25, -0.2) is 4.98 Å². The molecule has 4 N–H and O–H groups in total. The van der Waals surface area contributed by atoms with E-state index in [1.807, 2.05) is 0 Å². The molecule has 0 aliphatic rings. The number of nitrogens with zero attached hydrogens (tertiary/aromatic N) is 2. The third kappa shape index (κ3) is 2.33. The Morgan fingerprint density at radius 2 is 2.05 bits per heavy atom. The quantitative estimate of drug-likeness (QED) is 0.585. The van der Waals surface area contributed by atoms with Gasteiger partial charge < -0.3 is 20.0 Å². The van der Waals surface area contributed by atoms with Crippen molar-refractivity contribution in [2.24, 2.45) is 0 Å². The molecular formula is C10H11N2O6P. The predicted octanol–water partition coefficient (Wildman–Crippen LogP) is 0.0310. The molecule has 0 saturated carbocycles. The minimum Gasteiger partial charge on any atom is -0.492 e. The molecule has 19 heavy (non-hydrogen) atoms. The Morgan fingerprint density at radius 3 is 2.58 bits per heavy atom. The Balaban J connectivity index is 2.64. The number of pyridine rings is 1. The fourth-order valence-electron chi connectivity index (χ4n) is 1.63. The molecule has 2 heterocycles. The van der Waals surface area contributed by atoms with Gasteiger partial charge in [0, 0.05) is 6.20 Å². The van der Waals surface area contributed by atoms with Crippen LogP contribution in [0.5, 0.6) is 5.88 Å². The van der Waals surface area contributed by atoms with Crippen LogP contribution < -0.4 is 5.44 Å². The van der Waals surface area contributed by atoms with E-state index in [1.54, 1.807) is 0 Å². The van der Waals surface area contributed by atoms with Crippen molar-refractivity contribution in [3.63, 3.8) is 0 Å². The second-order valence-corrected chi connectivity index (χ2v) is 5.57. The van der Waals surface area contributed by atoms with Crippen LogP contribution in [0.25, 0.3) is 5.65 Å². The van der Waals surface area contributed by atoms with Gasteiger partial charge in [0.15, 0.2) is 0 Å². The molecule has 102 valence electrons. The summed E-state index contributed by atoms with van der Waals surface area (Å²) in [7, 11) is -4.68. The number of aliphatic carboxylic acids is 1. The van der Waals surface area contributed by atoms with Gasteiger partial charge in [0.2, 0.25) is 11.3 Å². The Bertz CT molecular complexity index is 703. The highest BCUT2D eigenvalue weighted by Gasteiger charge is 2.28. The van der Waals surface area contributed by atoms with E-state index in [9.17, 15) is 14.5 Å². The minimum atomic E-state index is -4.68. The summed E-state index contributed by atoms with van der Waals surface area (Å²) < 4.78 is 12.2. The molecular weight excluding hydrogens is 275 g/mol. The molecule has 0 radical (unpaired) electrons. The smallest absolute Gasteiger partial charge is 0.380 e. The molecule has 2 rings (SSSR count). The van der Waals surface area contributed by atoms with Crippen molar-refractivity contribution < 1.29 is 29.4 Å². The van der Waals surface area contributed by atoms with Crippen molar-refractivity contribution in [1.29, 1.82) is 0 Å². The second kappa shape index (κ2) is 4.34. The lowest BCUT2D eigenvalue weighted by Crippen LogP contribution is -2.08. The first-order valence-electron chi connectivity index (χ1n) is 5.21. The van der Waals surface area contributed by atoms with Gasteiger partial charge >= 0.3 is 13.6 Å². The number of rotatable bonds is 3. The molecule has 0 aliphatic heterocycles. The van der Waals surface area contributed by atoms with Crippen LogP contribution in [0.1, 0.15) is 18.4 Å². The lowest BCUT2D eigenvalue weighted by atomic mass is 10.0. The Hall–Kier alpha value is -1.89. The fourth-order valence-corrected chi connectivity index (χ4v) is 2.23. The highest BCUT2D eigenvalue weighted by atomic mass is 31.2. The molecule has 0 saturated heterocycles. The maximum absolute atomic E-state index is 11.1. The highest BCUT2D eigenvalue weighted by molar-refractivity contribution is 7.60. The van der Waals surface area contributed by atoms with Crippen LogP contribution in [0.4, 0.5) is 0 Å². The van der Waals surface area contributed by atoms with Crippen LogP contribution in [0.3, 0.4) is 0 Å². The Labute approximate surface area is 107 Å². The van der Waals surface area contributed by atoms with Gasteiger partial charge in [0.05, 0.1) is 5.92 Å². The highest BCUT2D eigenvalue weighted by Crippen LogP contribution is 2.37. The minimum absolute atomic E-state index is 0.122. The topological polar surface area (TPSA) is 132 Å². The largest absolute Gasteiger partial charge is 0.492 e. The Kier molecular flexibility index (Phi) is 3.09. The van der Waals surface area contributed by atoms with Crippen LogP contribution in [-0.2, 0) is 9.36 Å². The number of hydrogen-bond donors (Lipinski definition) is 4. The number of fused-ring (bicyclic) bond motifs is 1. The van der Waals surface area contributed by atoms with Crippen molar-refractivity contribution >= 4 is 24.6 Å². The fraction of sp³-hybridized carbons (Fsp3) is 0.200.